The SMILES string of the molecule is CCS(=O)(=O)NC1CCCN(C(=O)C(C)Oc2ccc(C(C)(C)C)cc2)C1. The predicted octanol–water partition coefficient (Wildman–Crippen LogP) is 2.68. The van der Waals surface area contributed by atoms with Gasteiger partial charge in [0.1, 0.15) is 5.75 Å². The number of hydrogen-bond acceptors (Lipinski definition) is 4. The molecule has 1 saturated heterocycles. The summed E-state index contributed by atoms with van der Waals surface area (Å²) in [4.78, 5) is 14.4. The fourth-order valence-corrected chi connectivity index (χ4v) is 4.02. The Bertz CT molecular complexity index is 738. The number of likely N-dealkylation sites (tertiary alicyclic amines) is 1. The van der Waals surface area contributed by atoms with Crippen LogP contribution < -0.4 is 9.46 Å². The second-order valence-electron chi connectivity index (χ2n) is 8.18. The number of rotatable bonds is 6. The van der Waals surface area contributed by atoms with Gasteiger partial charge in [-0.3, -0.25) is 4.79 Å². The monoisotopic (exact) mass is 396 g/mol. The van der Waals surface area contributed by atoms with E-state index < -0.39 is 16.1 Å². The third-order valence-corrected chi connectivity index (χ3v) is 6.29. The highest BCUT2D eigenvalue weighted by atomic mass is 32.2. The number of carbonyl (C=O) groups excluding carboxylic acids is 1. The lowest BCUT2D eigenvalue weighted by Crippen LogP contribution is -2.52. The quantitative estimate of drug-likeness (QED) is 0.802. The van der Waals surface area contributed by atoms with E-state index in [4.69, 9.17) is 4.74 Å². The van der Waals surface area contributed by atoms with Gasteiger partial charge in [0, 0.05) is 19.1 Å². The highest BCUT2D eigenvalue weighted by Crippen LogP contribution is 2.25. The minimum atomic E-state index is -3.27. The first-order valence-electron chi connectivity index (χ1n) is 9.58. The summed E-state index contributed by atoms with van der Waals surface area (Å²) >= 11 is 0. The number of nitrogens with one attached hydrogen (secondary N) is 1. The molecule has 1 heterocycles. The van der Waals surface area contributed by atoms with Crippen LogP contribution in [0.4, 0.5) is 0 Å². The van der Waals surface area contributed by atoms with Crippen LogP contribution in [0.25, 0.3) is 0 Å². The molecule has 1 amide bonds. The molecule has 2 rings (SSSR count). The van der Waals surface area contributed by atoms with Crippen LogP contribution in [0.15, 0.2) is 24.3 Å². The lowest BCUT2D eigenvalue weighted by atomic mass is 9.87. The van der Waals surface area contributed by atoms with E-state index in [1.807, 2.05) is 24.3 Å². The molecular weight excluding hydrogens is 364 g/mol. The number of amides is 1. The zero-order chi connectivity index (χ0) is 20.2. The van der Waals surface area contributed by atoms with Crippen LogP contribution in [0.2, 0.25) is 0 Å². The van der Waals surface area contributed by atoms with Crippen molar-refractivity contribution in [2.75, 3.05) is 18.8 Å². The maximum absolute atomic E-state index is 12.7. The second-order valence-corrected chi connectivity index (χ2v) is 10.2. The van der Waals surface area contributed by atoms with Gasteiger partial charge >= 0.3 is 0 Å². The highest BCUT2D eigenvalue weighted by molar-refractivity contribution is 7.89. The van der Waals surface area contributed by atoms with Gasteiger partial charge in [-0.05, 0) is 49.8 Å². The standard InChI is InChI=1S/C20H32N2O4S/c1-6-27(24,25)21-17-8-7-13-22(14-17)19(23)15(2)26-18-11-9-16(10-12-18)20(3,4)5/h9-12,15,17,21H,6-8,13-14H2,1-5H3. The van der Waals surface area contributed by atoms with Gasteiger partial charge in [0.05, 0.1) is 5.75 Å². The van der Waals surface area contributed by atoms with Gasteiger partial charge < -0.3 is 9.64 Å². The Morgan fingerprint density at radius 1 is 1.30 bits per heavy atom. The van der Waals surface area contributed by atoms with Gasteiger partial charge in [0.2, 0.25) is 10.0 Å². The molecule has 1 N–H and O–H groups in total. The van der Waals surface area contributed by atoms with E-state index in [1.165, 1.54) is 5.56 Å². The van der Waals surface area contributed by atoms with E-state index >= 15 is 0 Å². The fourth-order valence-electron chi connectivity index (χ4n) is 3.16. The summed E-state index contributed by atoms with van der Waals surface area (Å²) in [5.74, 6) is 0.584. The van der Waals surface area contributed by atoms with Crippen LogP contribution in [-0.4, -0.2) is 50.2 Å². The Morgan fingerprint density at radius 2 is 1.93 bits per heavy atom. The number of hydrogen-bond donors (Lipinski definition) is 1. The number of benzene rings is 1. The van der Waals surface area contributed by atoms with Crippen molar-refractivity contribution in [2.45, 2.75) is 65.0 Å². The summed E-state index contributed by atoms with van der Waals surface area (Å²) in [7, 11) is -3.27. The van der Waals surface area contributed by atoms with Gasteiger partial charge in [-0.15, -0.1) is 0 Å². The lowest BCUT2D eigenvalue weighted by molar-refractivity contribution is -0.139. The summed E-state index contributed by atoms with van der Waals surface area (Å²) in [6.07, 6.45) is 0.898. The van der Waals surface area contributed by atoms with E-state index in [0.717, 1.165) is 12.8 Å². The smallest absolute Gasteiger partial charge is 0.263 e. The summed E-state index contributed by atoms with van der Waals surface area (Å²) in [6, 6.07) is 7.58. The van der Waals surface area contributed by atoms with Gasteiger partial charge in [-0.25, -0.2) is 13.1 Å². The van der Waals surface area contributed by atoms with Crippen molar-refractivity contribution < 1.29 is 17.9 Å². The summed E-state index contributed by atoms with van der Waals surface area (Å²) in [5.41, 5.74) is 1.27. The maximum Gasteiger partial charge on any atom is 0.263 e. The zero-order valence-electron chi connectivity index (χ0n) is 17.0. The van der Waals surface area contributed by atoms with Crippen molar-refractivity contribution in [2.24, 2.45) is 0 Å². The molecule has 0 aromatic heterocycles. The van der Waals surface area contributed by atoms with Gasteiger partial charge in [0.25, 0.3) is 5.91 Å². The first kappa shape index (κ1) is 21.7. The van der Waals surface area contributed by atoms with Crippen molar-refractivity contribution in [1.82, 2.24) is 9.62 Å². The number of ether oxygens (including phenoxy) is 1. The number of piperidine rings is 1. The van der Waals surface area contributed by atoms with Crippen molar-refractivity contribution in [3.63, 3.8) is 0 Å². The van der Waals surface area contributed by atoms with E-state index in [2.05, 4.69) is 25.5 Å². The molecule has 27 heavy (non-hydrogen) atoms. The van der Waals surface area contributed by atoms with Crippen LogP contribution in [0.3, 0.4) is 0 Å². The normalized spacial score (nSPS) is 19.6. The second kappa shape index (κ2) is 8.61. The number of nitrogens with zero attached hydrogens (tertiary/aromatic N) is 1. The molecule has 6 nitrogen and oxygen atoms in total. The van der Waals surface area contributed by atoms with Crippen molar-refractivity contribution >= 4 is 15.9 Å². The molecular formula is C20H32N2O4S. The van der Waals surface area contributed by atoms with E-state index in [0.29, 0.717) is 18.8 Å². The molecule has 7 heteroatoms. The topological polar surface area (TPSA) is 75.7 Å². The van der Waals surface area contributed by atoms with Gasteiger partial charge in [0.15, 0.2) is 6.10 Å². The van der Waals surface area contributed by atoms with Crippen molar-refractivity contribution in [3.8, 4) is 5.75 Å². The van der Waals surface area contributed by atoms with Crippen LogP contribution in [0.5, 0.6) is 5.75 Å². The van der Waals surface area contributed by atoms with Crippen LogP contribution >= 0.6 is 0 Å². The van der Waals surface area contributed by atoms with E-state index in [1.54, 1.807) is 18.7 Å². The van der Waals surface area contributed by atoms with Gasteiger partial charge in [-0.2, -0.15) is 0 Å². The first-order valence-corrected chi connectivity index (χ1v) is 11.2. The Balaban J connectivity index is 1.96. The molecule has 1 aliphatic heterocycles. The van der Waals surface area contributed by atoms with E-state index in [-0.39, 0.29) is 23.1 Å². The van der Waals surface area contributed by atoms with E-state index in [9.17, 15) is 13.2 Å². The molecule has 1 aromatic carbocycles. The summed E-state index contributed by atoms with van der Waals surface area (Å²) in [5, 5.41) is 0. The van der Waals surface area contributed by atoms with Gasteiger partial charge in [-0.1, -0.05) is 32.9 Å². The molecule has 0 spiro atoms. The van der Waals surface area contributed by atoms with Crippen molar-refractivity contribution in [1.29, 1.82) is 0 Å². The fraction of sp³-hybridized carbons (Fsp3) is 0.650. The zero-order valence-corrected chi connectivity index (χ0v) is 17.8. The van der Waals surface area contributed by atoms with Crippen LogP contribution in [0, 0.1) is 0 Å². The molecule has 0 bridgehead atoms. The number of sulfonamides is 1. The maximum atomic E-state index is 12.7. The molecule has 0 aliphatic carbocycles. The number of carbonyl (C=O) groups is 1. The highest BCUT2D eigenvalue weighted by Gasteiger charge is 2.29. The third-order valence-electron chi connectivity index (χ3n) is 4.84. The van der Waals surface area contributed by atoms with Crippen LogP contribution in [-0.2, 0) is 20.2 Å². The predicted molar refractivity (Wildman–Crippen MR) is 107 cm³/mol. The van der Waals surface area contributed by atoms with Crippen molar-refractivity contribution in [3.05, 3.63) is 29.8 Å². The summed E-state index contributed by atoms with van der Waals surface area (Å²) < 4.78 is 32.1. The largest absolute Gasteiger partial charge is 0.481 e. The Morgan fingerprint density at radius 3 is 2.48 bits per heavy atom. The van der Waals surface area contributed by atoms with Crippen LogP contribution in [0.1, 0.15) is 53.0 Å². The molecule has 0 saturated carbocycles. The minimum Gasteiger partial charge on any atom is -0.481 e. The Labute approximate surface area is 163 Å². The first-order chi connectivity index (χ1) is 12.5. The average Bonchev–Trinajstić information content (AvgIpc) is 2.60. The molecule has 0 radical (unpaired) electrons. The Kier molecular flexibility index (Phi) is 6.92. The Hall–Kier alpha value is -1.60. The third kappa shape index (κ3) is 6.21. The summed E-state index contributed by atoms with van der Waals surface area (Å²) in [6.45, 7) is 10.8. The molecule has 2 unspecified atom stereocenters. The molecule has 1 fully saturated rings. The lowest BCUT2D eigenvalue weighted by Gasteiger charge is -2.34. The molecule has 152 valence electrons. The minimum absolute atomic E-state index is 0.0432. The molecule has 2 atom stereocenters. The average molecular weight is 397 g/mol. The molecule has 1 aliphatic rings. The molecule has 1 aromatic rings.